The summed E-state index contributed by atoms with van der Waals surface area (Å²) in [7, 11) is 0. The fourth-order valence-corrected chi connectivity index (χ4v) is 2.63. The predicted molar refractivity (Wildman–Crippen MR) is 75.4 cm³/mol. The number of amides is 1. The van der Waals surface area contributed by atoms with Crippen LogP contribution in [0.15, 0.2) is 11.6 Å². The lowest BCUT2D eigenvalue weighted by atomic mass is 10.0. The van der Waals surface area contributed by atoms with Crippen LogP contribution in [-0.4, -0.2) is 32.5 Å². The maximum Gasteiger partial charge on any atom is 0.226 e. The molecule has 0 bridgehead atoms. The summed E-state index contributed by atoms with van der Waals surface area (Å²) in [5.74, 6) is -0.0835. The third kappa shape index (κ3) is 3.33. The molecule has 19 heavy (non-hydrogen) atoms. The van der Waals surface area contributed by atoms with Crippen LogP contribution in [0.4, 0.5) is 0 Å². The van der Waals surface area contributed by atoms with Gasteiger partial charge in [-0.05, 0) is 20.3 Å². The molecule has 6 heteroatoms. The van der Waals surface area contributed by atoms with Gasteiger partial charge in [0, 0.05) is 23.8 Å². The van der Waals surface area contributed by atoms with Gasteiger partial charge >= 0.3 is 0 Å². The number of nitrogens with zero attached hydrogens (tertiary/aromatic N) is 2. The summed E-state index contributed by atoms with van der Waals surface area (Å²) in [4.78, 5) is 17.1. The first kappa shape index (κ1) is 14.0. The fraction of sp³-hybridized carbons (Fsp3) is 0.538. The van der Waals surface area contributed by atoms with E-state index in [9.17, 15) is 9.90 Å². The Balaban J connectivity index is 1.99. The Kier molecular flexibility index (Phi) is 3.91. The van der Waals surface area contributed by atoms with Crippen molar-refractivity contribution in [3.8, 4) is 0 Å². The molecule has 0 radical (unpaired) electrons. The monoisotopic (exact) mass is 281 g/mol. The third-order valence-electron chi connectivity index (χ3n) is 3.17. The molecule has 104 valence electrons. The molecule has 2 heterocycles. The molecule has 0 aliphatic heterocycles. The number of aryl methyl sites for hydroxylation is 1. The van der Waals surface area contributed by atoms with E-state index in [-0.39, 0.29) is 12.5 Å². The fourth-order valence-electron chi connectivity index (χ4n) is 1.71. The average molecular weight is 281 g/mol. The summed E-state index contributed by atoms with van der Waals surface area (Å²) in [5.41, 5.74) is 1.03. The molecule has 0 fully saturated rings. The normalized spacial score (nSPS) is 14.5. The molecule has 0 saturated carbocycles. The Bertz CT molecular complexity index is 586. The number of carbonyl (C=O) groups is 1. The number of aliphatic hydroxyl groups is 1. The zero-order chi connectivity index (χ0) is 14.0. The van der Waals surface area contributed by atoms with Crippen molar-refractivity contribution < 1.29 is 9.90 Å². The maximum atomic E-state index is 11.9. The van der Waals surface area contributed by atoms with Crippen LogP contribution in [0.25, 0.3) is 4.96 Å². The molecule has 0 saturated heterocycles. The largest absolute Gasteiger partial charge is 0.388 e. The van der Waals surface area contributed by atoms with Gasteiger partial charge in [0.1, 0.15) is 0 Å². The Morgan fingerprint density at radius 1 is 1.63 bits per heavy atom. The number of nitrogens with one attached hydrogen (secondary N) is 1. The van der Waals surface area contributed by atoms with E-state index in [1.165, 1.54) is 11.3 Å². The molecule has 2 aromatic rings. The number of fused-ring (bicyclic) bond motifs is 1. The van der Waals surface area contributed by atoms with Crippen molar-refractivity contribution in [1.29, 1.82) is 0 Å². The summed E-state index contributed by atoms with van der Waals surface area (Å²) >= 11 is 1.53. The van der Waals surface area contributed by atoms with Crippen LogP contribution in [0.5, 0.6) is 0 Å². The maximum absolute atomic E-state index is 11.9. The van der Waals surface area contributed by atoms with Crippen LogP contribution >= 0.6 is 11.3 Å². The molecule has 2 N–H and O–H groups in total. The molecule has 5 nitrogen and oxygen atoms in total. The second-order valence-electron chi connectivity index (χ2n) is 5.07. The van der Waals surface area contributed by atoms with E-state index < -0.39 is 5.60 Å². The van der Waals surface area contributed by atoms with Gasteiger partial charge in [0.05, 0.1) is 17.7 Å². The number of carbonyl (C=O) groups excluding carboxylic acids is 1. The van der Waals surface area contributed by atoms with Crippen LogP contribution in [0.1, 0.15) is 31.7 Å². The number of hydrogen-bond acceptors (Lipinski definition) is 4. The van der Waals surface area contributed by atoms with Crippen molar-refractivity contribution in [1.82, 2.24) is 14.7 Å². The summed E-state index contributed by atoms with van der Waals surface area (Å²) in [5, 5.41) is 14.6. The van der Waals surface area contributed by atoms with Crippen molar-refractivity contribution in [2.24, 2.45) is 0 Å². The van der Waals surface area contributed by atoms with Crippen molar-refractivity contribution >= 4 is 22.2 Å². The first-order valence-electron chi connectivity index (χ1n) is 6.32. The smallest absolute Gasteiger partial charge is 0.226 e. The van der Waals surface area contributed by atoms with E-state index in [0.717, 1.165) is 16.3 Å². The highest BCUT2D eigenvalue weighted by molar-refractivity contribution is 7.15. The summed E-state index contributed by atoms with van der Waals surface area (Å²) < 4.78 is 1.94. The topological polar surface area (TPSA) is 66.6 Å². The van der Waals surface area contributed by atoms with E-state index in [2.05, 4.69) is 10.3 Å². The van der Waals surface area contributed by atoms with Gasteiger partial charge in [0.2, 0.25) is 5.91 Å². The van der Waals surface area contributed by atoms with Gasteiger partial charge in [0.25, 0.3) is 0 Å². The standard InChI is InChI=1S/C13H19N3O2S/c1-4-13(3,18)8-14-11(17)5-10-7-19-12-15-9(2)6-16(10)12/h6-7,18H,4-5,8H2,1-3H3,(H,14,17). The molecule has 1 atom stereocenters. The predicted octanol–water partition coefficient (Wildman–Crippen LogP) is 1.52. The Labute approximate surface area is 116 Å². The highest BCUT2D eigenvalue weighted by atomic mass is 32.1. The molecule has 2 aromatic heterocycles. The van der Waals surface area contributed by atoms with Crippen molar-refractivity contribution in [3.05, 3.63) is 23.0 Å². The first-order chi connectivity index (χ1) is 8.91. The van der Waals surface area contributed by atoms with Gasteiger partial charge in [-0.3, -0.25) is 9.20 Å². The lowest BCUT2D eigenvalue weighted by molar-refractivity contribution is -0.121. The van der Waals surface area contributed by atoms with E-state index >= 15 is 0 Å². The van der Waals surface area contributed by atoms with Gasteiger partial charge in [-0.15, -0.1) is 11.3 Å². The average Bonchev–Trinajstić information content (AvgIpc) is 2.88. The second kappa shape index (κ2) is 5.30. The second-order valence-corrected chi connectivity index (χ2v) is 5.90. The Morgan fingerprint density at radius 2 is 2.37 bits per heavy atom. The molecule has 2 rings (SSSR count). The molecule has 0 aliphatic rings. The van der Waals surface area contributed by atoms with Crippen molar-refractivity contribution in [2.75, 3.05) is 6.54 Å². The van der Waals surface area contributed by atoms with E-state index in [0.29, 0.717) is 12.8 Å². The summed E-state index contributed by atoms with van der Waals surface area (Å²) in [6, 6.07) is 0. The number of rotatable bonds is 5. The van der Waals surface area contributed by atoms with Gasteiger partial charge < -0.3 is 10.4 Å². The minimum Gasteiger partial charge on any atom is -0.388 e. The van der Waals surface area contributed by atoms with Gasteiger partial charge in [-0.2, -0.15) is 0 Å². The molecule has 0 spiro atoms. The Morgan fingerprint density at radius 3 is 3.05 bits per heavy atom. The highest BCUT2D eigenvalue weighted by Crippen LogP contribution is 2.17. The highest BCUT2D eigenvalue weighted by Gasteiger charge is 2.19. The first-order valence-corrected chi connectivity index (χ1v) is 7.20. The molecule has 0 aliphatic carbocycles. The van der Waals surface area contributed by atoms with Gasteiger partial charge in [-0.1, -0.05) is 6.92 Å². The number of hydrogen-bond donors (Lipinski definition) is 2. The quantitative estimate of drug-likeness (QED) is 0.873. The van der Waals surface area contributed by atoms with Gasteiger partial charge in [0.15, 0.2) is 4.96 Å². The number of imidazole rings is 1. The minimum absolute atomic E-state index is 0.0835. The van der Waals surface area contributed by atoms with E-state index in [1.807, 2.05) is 29.8 Å². The third-order valence-corrected chi connectivity index (χ3v) is 4.06. The zero-order valence-electron chi connectivity index (χ0n) is 11.4. The molecular weight excluding hydrogens is 262 g/mol. The van der Waals surface area contributed by atoms with E-state index in [1.54, 1.807) is 6.92 Å². The SMILES string of the molecule is CCC(C)(O)CNC(=O)Cc1csc2nc(C)cn12. The molecule has 0 aromatic carbocycles. The molecular formula is C13H19N3O2S. The number of aromatic nitrogens is 2. The summed E-state index contributed by atoms with van der Waals surface area (Å²) in [6.45, 7) is 5.82. The zero-order valence-corrected chi connectivity index (χ0v) is 12.3. The lowest BCUT2D eigenvalue weighted by Crippen LogP contribution is -2.40. The molecule has 1 amide bonds. The van der Waals surface area contributed by atoms with Crippen LogP contribution in [0.2, 0.25) is 0 Å². The van der Waals surface area contributed by atoms with E-state index in [4.69, 9.17) is 0 Å². The van der Waals surface area contributed by atoms with Gasteiger partial charge in [-0.25, -0.2) is 4.98 Å². The van der Waals surface area contributed by atoms with Crippen LogP contribution in [0, 0.1) is 6.92 Å². The molecule has 1 unspecified atom stereocenters. The van der Waals surface area contributed by atoms with Crippen molar-refractivity contribution in [3.63, 3.8) is 0 Å². The van der Waals surface area contributed by atoms with Crippen LogP contribution < -0.4 is 5.32 Å². The van der Waals surface area contributed by atoms with Crippen LogP contribution in [0.3, 0.4) is 0 Å². The Hall–Kier alpha value is -1.40. The lowest BCUT2D eigenvalue weighted by Gasteiger charge is -2.21. The van der Waals surface area contributed by atoms with Crippen LogP contribution in [-0.2, 0) is 11.2 Å². The minimum atomic E-state index is -0.842. The summed E-state index contributed by atoms with van der Waals surface area (Å²) in [6.07, 6.45) is 2.84. The van der Waals surface area contributed by atoms with Crippen molar-refractivity contribution in [2.45, 2.75) is 39.2 Å². The number of thiazole rings is 1.